The van der Waals surface area contributed by atoms with Gasteiger partial charge in [0.25, 0.3) is 11.8 Å². The van der Waals surface area contributed by atoms with Crippen molar-refractivity contribution in [3.8, 4) is 5.75 Å². The van der Waals surface area contributed by atoms with Crippen LogP contribution >= 0.6 is 0 Å². The van der Waals surface area contributed by atoms with Crippen molar-refractivity contribution in [3.05, 3.63) is 59.4 Å². The molecule has 0 radical (unpaired) electrons. The lowest BCUT2D eigenvalue weighted by atomic mass is 9.98. The zero-order chi connectivity index (χ0) is 17.5. The van der Waals surface area contributed by atoms with Crippen molar-refractivity contribution in [2.24, 2.45) is 0 Å². The number of hydrazine groups is 1. The highest BCUT2D eigenvalue weighted by Gasteiger charge is 2.09. The van der Waals surface area contributed by atoms with E-state index in [4.69, 9.17) is 4.74 Å². The van der Waals surface area contributed by atoms with E-state index in [9.17, 15) is 9.59 Å². The van der Waals surface area contributed by atoms with Crippen molar-refractivity contribution in [2.45, 2.75) is 26.7 Å². The number of nitrogens with zero attached hydrogens (tertiary/aromatic N) is 1. The molecule has 1 aromatic carbocycles. The van der Waals surface area contributed by atoms with Gasteiger partial charge in [-0.1, -0.05) is 19.9 Å². The van der Waals surface area contributed by atoms with Crippen LogP contribution in [-0.2, 0) is 4.79 Å². The van der Waals surface area contributed by atoms with Crippen molar-refractivity contribution >= 4 is 11.8 Å². The van der Waals surface area contributed by atoms with Gasteiger partial charge in [-0.05, 0) is 48.2 Å². The van der Waals surface area contributed by atoms with Gasteiger partial charge in [0.2, 0.25) is 0 Å². The van der Waals surface area contributed by atoms with Crippen LogP contribution in [0.5, 0.6) is 5.75 Å². The van der Waals surface area contributed by atoms with Crippen LogP contribution in [-0.4, -0.2) is 23.4 Å². The number of carbonyl (C=O) groups excluding carboxylic acids is 2. The number of hydrogen-bond acceptors (Lipinski definition) is 4. The van der Waals surface area contributed by atoms with Gasteiger partial charge in [-0.3, -0.25) is 25.4 Å². The summed E-state index contributed by atoms with van der Waals surface area (Å²) in [6.07, 6.45) is 2.98. The van der Waals surface area contributed by atoms with Crippen LogP contribution in [0.2, 0.25) is 0 Å². The first-order valence-electron chi connectivity index (χ1n) is 7.70. The second-order valence-electron chi connectivity index (χ2n) is 5.71. The predicted octanol–water partition coefficient (Wildman–Crippen LogP) is 2.35. The van der Waals surface area contributed by atoms with Gasteiger partial charge in [0.1, 0.15) is 5.75 Å². The molecule has 0 atom stereocenters. The Labute approximate surface area is 141 Å². The molecule has 1 heterocycles. The van der Waals surface area contributed by atoms with Gasteiger partial charge in [0, 0.05) is 12.4 Å². The molecule has 0 fully saturated rings. The van der Waals surface area contributed by atoms with Crippen molar-refractivity contribution in [2.75, 3.05) is 6.61 Å². The monoisotopic (exact) mass is 327 g/mol. The molecule has 6 heteroatoms. The summed E-state index contributed by atoms with van der Waals surface area (Å²) in [5, 5.41) is 0. The zero-order valence-corrected chi connectivity index (χ0v) is 14.0. The molecule has 0 unspecified atom stereocenters. The lowest BCUT2D eigenvalue weighted by Gasteiger charge is -2.12. The Kier molecular flexibility index (Phi) is 5.89. The van der Waals surface area contributed by atoms with E-state index < -0.39 is 11.8 Å². The van der Waals surface area contributed by atoms with E-state index in [2.05, 4.69) is 29.7 Å². The molecule has 0 spiro atoms. The van der Waals surface area contributed by atoms with E-state index in [1.165, 1.54) is 11.8 Å². The molecule has 2 aromatic rings. The van der Waals surface area contributed by atoms with Crippen LogP contribution in [0, 0.1) is 6.92 Å². The molecule has 1 aromatic heterocycles. The molecule has 126 valence electrons. The predicted molar refractivity (Wildman–Crippen MR) is 90.6 cm³/mol. The van der Waals surface area contributed by atoms with Crippen LogP contribution in [0.15, 0.2) is 42.7 Å². The molecule has 0 saturated heterocycles. The Bertz CT molecular complexity index is 715. The molecule has 2 rings (SSSR count). The molecule has 0 aliphatic carbocycles. The topological polar surface area (TPSA) is 80.3 Å². The second kappa shape index (κ2) is 8.10. The Morgan fingerprint density at radius 2 is 2.00 bits per heavy atom. The number of carbonyl (C=O) groups is 2. The third-order valence-corrected chi connectivity index (χ3v) is 3.47. The summed E-state index contributed by atoms with van der Waals surface area (Å²) in [5.74, 6) is 0.169. The first kappa shape index (κ1) is 17.5. The fourth-order valence-corrected chi connectivity index (χ4v) is 2.27. The van der Waals surface area contributed by atoms with Gasteiger partial charge in [-0.25, -0.2) is 0 Å². The average Bonchev–Trinajstić information content (AvgIpc) is 2.58. The first-order valence-corrected chi connectivity index (χ1v) is 7.70. The SMILES string of the molecule is Cc1cc(OCC(=O)NNC(=O)c2cccnc2)ccc1C(C)C. The molecule has 0 saturated carbocycles. The van der Waals surface area contributed by atoms with Gasteiger partial charge in [-0.2, -0.15) is 0 Å². The Morgan fingerprint density at radius 1 is 1.21 bits per heavy atom. The van der Waals surface area contributed by atoms with E-state index in [1.54, 1.807) is 18.3 Å². The lowest BCUT2D eigenvalue weighted by Crippen LogP contribution is -2.43. The molecule has 0 aliphatic heterocycles. The maximum atomic E-state index is 11.8. The Balaban J connectivity index is 1.81. The van der Waals surface area contributed by atoms with Crippen LogP contribution in [0.3, 0.4) is 0 Å². The average molecular weight is 327 g/mol. The second-order valence-corrected chi connectivity index (χ2v) is 5.71. The smallest absolute Gasteiger partial charge is 0.276 e. The van der Waals surface area contributed by atoms with Crippen molar-refractivity contribution in [1.82, 2.24) is 15.8 Å². The number of rotatable bonds is 5. The highest BCUT2D eigenvalue weighted by atomic mass is 16.5. The van der Waals surface area contributed by atoms with E-state index in [0.29, 0.717) is 17.2 Å². The lowest BCUT2D eigenvalue weighted by molar-refractivity contribution is -0.123. The number of benzene rings is 1. The van der Waals surface area contributed by atoms with Crippen LogP contribution in [0.25, 0.3) is 0 Å². The highest BCUT2D eigenvalue weighted by Crippen LogP contribution is 2.23. The fraction of sp³-hybridized carbons (Fsp3) is 0.278. The van der Waals surface area contributed by atoms with Crippen molar-refractivity contribution in [1.29, 1.82) is 0 Å². The van der Waals surface area contributed by atoms with Crippen molar-refractivity contribution in [3.63, 3.8) is 0 Å². The third-order valence-electron chi connectivity index (χ3n) is 3.47. The summed E-state index contributed by atoms with van der Waals surface area (Å²) >= 11 is 0. The first-order chi connectivity index (χ1) is 11.5. The molecule has 0 aliphatic rings. The number of ether oxygens (including phenoxy) is 1. The molecular formula is C18H21N3O3. The van der Waals surface area contributed by atoms with Gasteiger partial charge in [0.15, 0.2) is 6.61 Å². The largest absolute Gasteiger partial charge is 0.484 e. The minimum Gasteiger partial charge on any atom is -0.484 e. The summed E-state index contributed by atoms with van der Waals surface area (Å²) in [6, 6.07) is 8.98. The summed E-state index contributed by atoms with van der Waals surface area (Å²) in [7, 11) is 0. The van der Waals surface area contributed by atoms with Crippen LogP contribution in [0.1, 0.15) is 41.3 Å². The molecule has 6 nitrogen and oxygen atoms in total. The maximum absolute atomic E-state index is 11.8. The molecule has 2 amide bonds. The molecule has 0 bridgehead atoms. The standard InChI is InChI=1S/C18H21N3O3/c1-12(2)16-7-6-15(9-13(16)3)24-11-17(22)20-21-18(23)14-5-4-8-19-10-14/h4-10,12H,11H2,1-3H3,(H,20,22)(H,21,23). The summed E-state index contributed by atoms with van der Waals surface area (Å²) < 4.78 is 5.45. The quantitative estimate of drug-likeness (QED) is 0.826. The third kappa shape index (κ3) is 4.81. The van der Waals surface area contributed by atoms with Gasteiger partial charge in [0.05, 0.1) is 5.56 Å². The van der Waals surface area contributed by atoms with Crippen LogP contribution < -0.4 is 15.6 Å². The van der Waals surface area contributed by atoms with E-state index in [-0.39, 0.29) is 6.61 Å². The van der Waals surface area contributed by atoms with E-state index >= 15 is 0 Å². The number of aryl methyl sites for hydroxylation is 1. The molecule has 24 heavy (non-hydrogen) atoms. The van der Waals surface area contributed by atoms with Crippen LogP contribution in [0.4, 0.5) is 0 Å². The van der Waals surface area contributed by atoms with E-state index in [0.717, 1.165) is 5.56 Å². The molecule has 2 N–H and O–H groups in total. The van der Waals surface area contributed by atoms with Crippen molar-refractivity contribution < 1.29 is 14.3 Å². The number of pyridine rings is 1. The number of hydrogen-bond donors (Lipinski definition) is 2. The molecular weight excluding hydrogens is 306 g/mol. The fourth-order valence-electron chi connectivity index (χ4n) is 2.27. The van der Waals surface area contributed by atoms with E-state index in [1.807, 2.05) is 25.1 Å². The zero-order valence-electron chi connectivity index (χ0n) is 14.0. The van der Waals surface area contributed by atoms with Gasteiger partial charge < -0.3 is 4.74 Å². The number of aromatic nitrogens is 1. The summed E-state index contributed by atoms with van der Waals surface area (Å²) in [5.41, 5.74) is 7.34. The summed E-state index contributed by atoms with van der Waals surface area (Å²) in [6.45, 7) is 6.08. The maximum Gasteiger partial charge on any atom is 0.276 e. The normalized spacial score (nSPS) is 10.3. The Hall–Kier alpha value is -2.89. The minimum absolute atomic E-state index is 0.187. The Morgan fingerprint density at radius 3 is 2.62 bits per heavy atom. The van der Waals surface area contributed by atoms with Gasteiger partial charge >= 0.3 is 0 Å². The highest BCUT2D eigenvalue weighted by molar-refractivity contribution is 5.95. The number of nitrogens with one attached hydrogen (secondary N) is 2. The van der Waals surface area contributed by atoms with Gasteiger partial charge in [-0.15, -0.1) is 0 Å². The number of amides is 2. The summed E-state index contributed by atoms with van der Waals surface area (Å²) in [4.78, 5) is 27.3. The minimum atomic E-state index is -0.446.